The van der Waals surface area contributed by atoms with Gasteiger partial charge in [-0.1, -0.05) is 25.4 Å². The molecule has 116 valence electrons. The van der Waals surface area contributed by atoms with Crippen LogP contribution in [0.5, 0.6) is 0 Å². The van der Waals surface area contributed by atoms with Gasteiger partial charge in [-0.05, 0) is 69.3 Å². The van der Waals surface area contributed by atoms with Crippen LogP contribution in [0.15, 0.2) is 24.3 Å². The van der Waals surface area contributed by atoms with Gasteiger partial charge in [-0.3, -0.25) is 9.69 Å². The number of rotatable bonds is 4. The lowest BCUT2D eigenvalue weighted by atomic mass is 9.75. The molecule has 1 unspecified atom stereocenters. The molecule has 2 nitrogen and oxygen atoms in total. The highest BCUT2D eigenvalue weighted by atomic mass is 35.5. The molecule has 0 aliphatic heterocycles. The number of hydrogen-bond acceptors (Lipinski definition) is 2. The average molecular weight is 308 g/mol. The molecule has 0 heterocycles. The standard InChI is InChI=1S/C18H26ClNO/c1-13(17(21)14-5-7-15(19)8-6-14)20(4)16-9-11-18(2,3)12-10-16/h5-8,13,16H,9-12H2,1-4H3. The van der Waals surface area contributed by atoms with E-state index in [1.807, 2.05) is 19.1 Å². The summed E-state index contributed by atoms with van der Waals surface area (Å²) in [6.07, 6.45) is 4.84. The van der Waals surface area contributed by atoms with E-state index in [1.165, 1.54) is 25.7 Å². The Kier molecular flexibility index (Phi) is 5.11. The van der Waals surface area contributed by atoms with Crippen LogP contribution in [-0.2, 0) is 0 Å². The molecule has 2 rings (SSSR count). The Morgan fingerprint density at radius 3 is 2.29 bits per heavy atom. The van der Waals surface area contributed by atoms with Gasteiger partial charge in [0, 0.05) is 16.6 Å². The van der Waals surface area contributed by atoms with Crippen LogP contribution in [-0.4, -0.2) is 29.8 Å². The minimum atomic E-state index is -0.0858. The second-order valence-corrected chi connectivity index (χ2v) is 7.54. The van der Waals surface area contributed by atoms with E-state index in [0.717, 1.165) is 5.56 Å². The monoisotopic (exact) mass is 307 g/mol. The van der Waals surface area contributed by atoms with E-state index < -0.39 is 0 Å². The molecular formula is C18H26ClNO. The fourth-order valence-corrected chi connectivity index (χ4v) is 3.27. The van der Waals surface area contributed by atoms with Crippen LogP contribution in [0.3, 0.4) is 0 Å². The van der Waals surface area contributed by atoms with Crippen LogP contribution in [0.4, 0.5) is 0 Å². The largest absolute Gasteiger partial charge is 0.294 e. The minimum Gasteiger partial charge on any atom is -0.294 e. The summed E-state index contributed by atoms with van der Waals surface area (Å²) in [6.45, 7) is 6.69. The molecule has 21 heavy (non-hydrogen) atoms. The van der Waals surface area contributed by atoms with Crippen molar-refractivity contribution in [1.82, 2.24) is 4.90 Å². The molecule has 0 spiro atoms. The Morgan fingerprint density at radius 2 is 1.76 bits per heavy atom. The molecule has 0 N–H and O–H groups in total. The number of ketones is 1. The topological polar surface area (TPSA) is 20.3 Å². The second-order valence-electron chi connectivity index (χ2n) is 7.11. The summed E-state index contributed by atoms with van der Waals surface area (Å²) in [5.41, 5.74) is 1.20. The lowest BCUT2D eigenvalue weighted by Gasteiger charge is -2.40. The van der Waals surface area contributed by atoms with Crippen molar-refractivity contribution in [2.24, 2.45) is 5.41 Å². The minimum absolute atomic E-state index is 0.0858. The molecule has 0 amide bonds. The van der Waals surface area contributed by atoms with Crippen molar-refractivity contribution in [1.29, 1.82) is 0 Å². The fourth-order valence-electron chi connectivity index (χ4n) is 3.15. The number of Topliss-reactive ketones (excluding diaryl/α,β-unsaturated/α-hetero) is 1. The Balaban J connectivity index is 2.00. The van der Waals surface area contributed by atoms with Crippen molar-refractivity contribution in [2.75, 3.05) is 7.05 Å². The van der Waals surface area contributed by atoms with Crippen LogP contribution in [0.2, 0.25) is 5.02 Å². The van der Waals surface area contributed by atoms with Crippen LogP contribution >= 0.6 is 11.6 Å². The highest BCUT2D eigenvalue weighted by molar-refractivity contribution is 6.30. The third-order valence-electron chi connectivity index (χ3n) is 5.00. The Hall–Kier alpha value is -0.860. The van der Waals surface area contributed by atoms with Crippen LogP contribution in [0.25, 0.3) is 0 Å². The fraction of sp³-hybridized carbons (Fsp3) is 0.611. The van der Waals surface area contributed by atoms with E-state index in [2.05, 4.69) is 25.8 Å². The smallest absolute Gasteiger partial charge is 0.179 e. The highest BCUT2D eigenvalue weighted by Gasteiger charge is 2.32. The maximum atomic E-state index is 12.6. The van der Waals surface area contributed by atoms with E-state index in [1.54, 1.807) is 12.1 Å². The number of carbonyl (C=O) groups is 1. The quantitative estimate of drug-likeness (QED) is 0.744. The summed E-state index contributed by atoms with van der Waals surface area (Å²) in [5.74, 6) is 0.180. The summed E-state index contributed by atoms with van der Waals surface area (Å²) in [4.78, 5) is 14.8. The average Bonchev–Trinajstić information content (AvgIpc) is 2.46. The van der Waals surface area contributed by atoms with Crippen molar-refractivity contribution in [3.63, 3.8) is 0 Å². The molecule has 1 aliphatic rings. The number of benzene rings is 1. The SMILES string of the molecule is CC(C(=O)c1ccc(Cl)cc1)N(C)C1CCC(C)(C)CC1. The number of hydrogen-bond donors (Lipinski definition) is 0. The highest BCUT2D eigenvalue weighted by Crippen LogP contribution is 2.37. The zero-order valence-corrected chi connectivity index (χ0v) is 14.3. The molecule has 1 aromatic rings. The van der Waals surface area contributed by atoms with Crippen molar-refractivity contribution in [3.8, 4) is 0 Å². The molecule has 1 aromatic carbocycles. The first kappa shape index (κ1) is 16.5. The molecule has 1 aliphatic carbocycles. The first-order valence-corrected chi connectivity index (χ1v) is 8.20. The number of carbonyl (C=O) groups excluding carboxylic acids is 1. The van der Waals surface area contributed by atoms with Crippen molar-refractivity contribution in [3.05, 3.63) is 34.9 Å². The van der Waals surface area contributed by atoms with Gasteiger partial charge in [-0.25, -0.2) is 0 Å². The van der Waals surface area contributed by atoms with Crippen LogP contribution in [0, 0.1) is 5.41 Å². The number of likely N-dealkylation sites (N-methyl/N-ethyl adjacent to an activating group) is 1. The number of nitrogens with zero attached hydrogens (tertiary/aromatic N) is 1. The first-order chi connectivity index (χ1) is 9.80. The predicted molar refractivity (Wildman–Crippen MR) is 89.0 cm³/mol. The maximum Gasteiger partial charge on any atom is 0.179 e. The Bertz CT molecular complexity index is 484. The maximum absolute atomic E-state index is 12.6. The summed E-state index contributed by atoms with van der Waals surface area (Å²) in [6, 6.07) is 7.63. The van der Waals surface area contributed by atoms with Gasteiger partial charge in [0.15, 0.2) is 5.78 Å². The summed E-state index contributed by atoms with van der Waals surface area (Å²) in [5, 5.41) is 0.669. The molecule has 1 atom stereocenters. The zero-order chi connectivity index (χ0) is 15.6. The van der Waals surface area contributed by atoms with E-state index >= 15 is 0 Å². The summed E-state index contributed by atoms with van der Waals surface area (Å²) >= 11 is 5.89. The van der Waals surface area contributed by atoms with Crippen molar-refractivity contribution >= 4 is 17.4 Å². The number of halogens is 1. The second kappa shape index (κ2) is 6.50. The van der Waals surface area contributed by atoms with Crippen LogP contribution < -0.4 is 0 Å². The van der Waals surface area contributed by atoms with E-state index in [4.69, 9.17) is 11.6 Å². The van der Waals surface area contributed by atoms with Gasteiger partial charge >= 0.3 is 0 Å². The predicted octanol–water partition coefficient (Wildman–Crippen LogP) is 4.81. The van der Waals surface area contributed by atoms with Gasteiger partial charge in [0.2, 0.25) is 0 Å². The summed E-state index contributed by atoms with van der Waals surface area (Å²) in [7, 11) is 2.08. The first-order valence-electron chi connectivity index (χ1n) is 7.82. The molecule has 1 saturated carbocycles. The molecular weight excluding hydrogens is 282 g/mol. The van der Waals surface area contributed by atoms with E-state index in [-0.39, 0.29) is 11.8 Å². The third kappa shape index (κ3) is 4.08. The lowest BCUT2D eigenvalue weighted by molar-refractivity contribution is 0.0700. The van der Waals surface area contributed by atoms with Gasteiger partial charge in [0.1, 0.15) is 0 Å². The lowest BCUT2D eigenvalue weighted by Crippen LogP contribution is -2.45. The zero-order valence-electron chi connectivity index (χ0n) is 13.5. The van der Waals surface area contributed by atoms with Gasteiger partial charge in [0.05, 0.1) is 6.04 Å². The Labute approximate surface area is 133 Å². The normalized spacial score (nSPS) is 20.5. The van der Waals surface area contributed by atoms with E-state index in [0.29, 0.717) is 16.5 Å². The molecule has 3 heteroatoms. The molecule has 0 bridgehead atoms. The molecule has 0 aromatic heterocycles. The summed E-state index contributed by atoms with van der Waals surface area (Å²) < 4.78 is 0. The van der Waals surface area contributed by atoms with Gasteiger partial charge < -0.3 is 0 Å². The van der Waals surface area contributed by atoms with Crippen molar-refractivity contribution < 1.29 is 4.79 Å². The molecule has 0 radical (unpaired) electrons. The van der Waals surface area contributed by atoms with Crippen molar-refractivity contribution in [2.45, 2.75) is 58.5 Å². The molecule has 1 fully saturated rings. The van der Waals surface area contributed by atoms with Crippen LogP contribution in [0.1, 0.15) is 56.8 Å². The van der Waals surface area contributed by atoms with E-state index in [9.17, 15) is 4.79 Å². The Morgan fingerprint density at radius 1 is 1.24 bits per heavy atom. The van der Waals surface area contributed by atoms with Gasteiger partial charge in [-0.2, -0.15) is 0 Å². The van der Waals surface area contributed by atoms with Gasteiger partial charge in [0.25, 0.3) is 0 Å². The van der Waals surface area contributed by atoms with Gasteiger partial charge in [-0.15, -0.1) is 0 Å². The molecule has 0 saturated heterocycles. The third-order valence-corrected chi connectivity index (χ3v) is 5.26.